The van der Waals surface area contributed by atoms with Crippen LogP contribution < -0.4 is 14.9 Å². The van der Waals surface area contributed by atoms with E-state index in [4.69, 9.17) is 14.2 Å². The zero-order valence-electron chi connectivity index (χ0n) is 24.8. The number of hydrogen-bond donors (Lipinski definition) is 1. The average molecular weight is 586 g/mol. The van der Waals surface area contributed by atoms with Crippen molar-refractivity contribution in [1.29, 1.82) is 0 Å². The first-order valence-electron chi connectivity index (χ1n) is 14.5. The van der Waals surface area contributed by atoms with E-state index in [2.05, 4.69) is 0 Å². The number of nitrogens with zero attached hydrogens (tertiary/aromatic N) is 1. The van der Waals surface area contributed by atoms with Gasteiger partial charge in [0.2, 0.25) is 5.43 Å². The monoisotopic (exact) mass is 585 g/mol. The number of pyridine rings is 1. The Labute approximate surface area is 253 Å². The summed E-state index contributed by atoms with van der Waals surface area (Å²) in [7, 11) is 3.35. The third-order valence-corrected chi connectivity index (χ3v) is 8.62. The van der Waals surface area contributed by atoms with Gasteiger partial charge in [0.15, 0.2) is 6.10 Å². The second-order valence-electron chi connectivity index (χ2n) is 11.7. The molecule has 7 rings (SSSR count). The Morgan fingerprint density at radius 3 is 2.36 bits per heavy atom. The number of ether oxygens (including phenoxy) is 3. The molecule has 0 amide bonds. The van der Waals surface area contributed by atoms with Gasteiger partial charge in [-0.15, -0.1) is 0 Å². The van der Waals surface area contributed by atoms with E-state index in [0.29, 0.717) is 38.9 Å². The Hall–Kier alpha value is -5.14. The van der Waals surface area contributed by atoms with Gasteiger partial charge in [-0.25, -0.2) is 4.79 Å². The average Bonchev–Trinajstić information content (AvgIpc) is 3.02. The number of rotatable bonds is 4. The fourth-order valence-electron chi connectivity index (χ4n) is 6.48. The summed E-state index contributed by atoms with van der Waals surface area (Å²) in [6.45, 7) is 3.52. The van der Waals surface area contributed by atoms with Crippen LogP contribution in [0, 0.1) is 0 Å². The summed E-state index contributed by atoms with van der Waals surface area (Å²) >= 11 is 0. The molecule has 0 bridgehead atoms. The van der Waals surface area contributed by atoms with Crippen LogP contribution in [0.1, 0.15) is 31.1 Å². The van der Waals surface area contributed by atoms with E-state index < -0.39 is 23.8 Å². The SMILES string of the molecule is COc1cc2c(c3c1c(=O)c1cc4ccccc4cc1n3C)C(O)C(OC(=O)/C=C/c1cccc3ccccc13)C(C)(C)O2. The van der Waals surface area contributed by atoms with Gasteiger partial charge in [-0.2, -0.15) is 0 Å². The van der Waals surface area contributed by atoms with Crippen LogP contribution in [0.2, 0.25) is 0 Å². The van der Waals surface area contributed by atoms with Gasteiger partial charge in [0.05, 0.1) is 29.1 Å². The molecule has 0 spiro atoms. The van der Waals surface area contributed by atoms with Gasteiger partial charge in [-0.1, -0.05) is 66.7 Å². The first kappa shape index (κ1) is 27.7. The standard InChI is InChI=1S/C37H31NO6/c1-37(2)36(43-30(39)17-16-22-14-9-13-21-10-7-8-15-25(21)22)35(41)32-29(44-37)20-28(42-4)31-33(32)38(3)27-19-24-12-6-5-11-23(24)18-26(27)34(31)40/h5-20,35-36,41H,1-4H3/b17-16+. The highest BCUT2D eigenvalue weighted by Gasteiger charge is 2.47. The van der Waals surface area contributed by atoms with Crippen molar-refractivity contribution in [3.8, 4) is 11.5 Å². The number of fused-ring (bicyclic) bond motifs is 6. The molecule has 1 aromatic heterocycles. The maximum atomic E-state index is 14.0. The molecule has 0 radical (unpaired) electrons. The van der Waals surface area contributed by atoms with Crippen LogP contribution in [-0.4, -0.2) is 34.5 Å². The van der Waals surface area contributed by atoms with Crippen molar-refractivity contribution in [3.05, 3.63) is 112 Å². The zero-order valence-corrected chi connectivity index (χ0v) is 24.8. The van der Waals surface area contributed by atoms with Crippen LogP contribution in [0.25, 0.3) is 49.4 Å². The number of benzene rings is 5. The Bertz CT molecular complexity index is 2220. The fraction of sp³-hybridized carbons (Fsp3) is 0.189. The number of carbonyl (C=O) groups is 1. The van der Waals surface area contributed by atoms with Crippen LogP contribution in [0.5, 0.6) is 11.5 Å². The molecule has 2 unspecified atom stereocenters. The van der Waals surface area contributed by atoms with E-state index >= 15 is 0 Å². The number of aliphatic hydroxyl groups is 1. The largest absolute Gasteiger partial charge is 0.496 e. The van der Waals surface area contributed by atoms with E-state index in [0.717, 1.165) is 27.1 Å². The Kier molecular flexibility index (Phi) is 6.44. The fourth-order valence-corrected chi connectivity index (χ4v) is 6.48. The van der Waals surface area contributed by atoms with E-state index in [-0.39, 0.29) is 5.43 Å². The van der Waals surface area contributed by atoms with E-state index in [1.54, 1.807) is 26.0 Å². The van der Waals surface area contributed by atoms with Gasteiger partial charge in [-0.05, 0) is 59.2 Å². The highest BCUT2D eigenvalue weighted by Crippen LogP contribution is 2.47. The molecule has 5 aromatic carbocycles. The Morgan fingerprint density at radius 1 is 0.932 bits per heavy atom. The molecule has 0 saturated heterocycles. The number of carbonyl (C=O) groups excluding carboxylic acids is 1. The van der Waals surface area contributed by atoms with Crippen molar-refractivity contribution in [2.24, 2.45) is 7.05 Å². The zero-order chi connectivity index (χ0) is 30.7. The number of aliphatic hydroxyl groups excluding tert-OH is 1. The molecule has 6 aromatic rings. The summed E-state index contributed by atoms with van der Waals surface area (Å²) in [5.74, 6) is 0.0807. The van der Waals surface area contributed by atoms with E-state index in [1.807, 2.05) is 90.5 Å². The normalized spacial score (nSPS) is 17.7. The first-order chi connectivity index (χ1) is 21.2. The molecule has 7 nitrogen and oxygen atoms in total. The Morgan fingerprint density at radius 2 is 1.61 bits per heavy atom. The molecule has 2 heterocycles. The van der Waals surface area contributed by atoms with Crippen molar-refractivity contribution in [2.75, 3.05) is 7.11 Å². The van der Waals surface area contributed by atoms with Crippen LogP contribution in [-0.2, 0) is 16.6 Å². The van der Waals surface area contributed by atoms with Crippen molar-refractivity contribution < 1.29 is 24.1 Å². The number of aryl methyl sites for hydroxylation is 1. The summed E-state index contributed by atoms with van der Waals surface area (Å²) in [5, 5.41) is 16.8. The summed E-state index contributed by atoms with van der Waals surface area (Å²) in [5.41, 5.74) is 1.08. The number of aromatic nitrogens is 1. The second-order valence-corrected chi connectivity index (χ2v) is 11.7. The minimum absolute atomic E-state index is 0.220. The van der Waals surface area contributed by atoms with Crippen LogP contribution in [0.3, 0.4) is 0 Å². The number of esters is 1. The smallest absolute Gasteiger partial charge is 0.331 e. The first-order valence-corrected chi connectivity index (χ1v) is 14.5. The molecule has 1 N–H and O–H groups in total. The van der Waals surface area contributed by atoms with Crippen LogP contribution in [0.4, 0.5) is 0 Å². The lowest BCUT2D eigenvalue weighted by Crippen LogP contribution is -2.51. The van der Waals surface area contributed by atoms with Gasteiger partial charge in [0.1, 0.15) is 23.2 Å². The predicted molar refractivity (Wildman–Crippen MR) is 173 cm³/mol. The molecular formula is C37H31NO6. The minimum Gasteiger partial charge on any atom is -0.496 e. The van der Waals surface area contributed by atoms with Gasteiger partial charge >= 0.3 is 5.97 Å². The van der Waals surface area contributed by atoms with Gasteiger partial charge < -0.3 is 23.9 Å². The summed E-state index contributed by atoms with van der Waals surface area (Å²) in [6.07, 6.45) is 0.710. The van der Waals surface area contributed by atoms with Gasteiger partial charge in [0.25, 0.3) is 0 Å². The summed E-state index contributed by atoms with van der Waals surface area (Å²) in [4.78, 5) is 27.2. The molecule has 0 aliphatic carbocycles. The van der Waals surface area contributed by atoms with E-state index in [9.17, 15) is 14.7 Å². The van der Waals surface area contributed by atoms with Gasteiger partial charge in [0, 0.05) is 24.6 Å². The van der Waals surface area contributed by atoms with Crippen molar-refractivity contribution in [2.45, 2.75) is 31.7 Å². The van der Waals surface area contributed by atoms with Crippen molar-refractivity contribution in [3.63, 3.8) is 0 Å². The van der Waals surface area contributed by atoms with Gasteiger partial charge in [-0.3, -0.25) is 4.79 Å². The van der Waals surface area contributed by atoms with E-state index in [1.165, 1.54) is 13.2 Å². The molecule has 1 aliphatic rings. The molecule has 2 atom stereocenters. The second kappa shape index (κ2) is 10.2. The highest BCUT2D eigenvalue weighted by atomic mass is 16.6. The lowest BCUT2D eigenvalue weighted by molar-refractivity contribution is -0.171. The minimum atomic E-state index is -1.29. The molecule has 0 saturated carbocycles. The number of methoxy groups -OCH3 is 1. The maximum absolute atomic E-state index is 14.0. The van der Waals surface area contributed by atoms with Crippen LogP contribution in [0.15, 0.2) is 95.8 Å². The quantitative estimate of drug-likeness (QED) is 0.139. The predicted octanol–water partition coefficient (Wildman–Crippen LogP) is 6.84. The van der Waals surface area contributed by atoms with Crippen LogP contribution >= 0.6 is 0 Å². The molecule has 1 aliphatic heterocycles. The lowest BCUT2D eigenvalue weighted by Gasteiger charge is -2.42. The maximum Gasteiger partial charge on any atom is 0.331 e. The molecule has 0 fully saturated rings. The number of hydrogen-bond acceptors (Lipinski definition) is 6. The molecular weight excluding hydrogens is 554 g/mol. The Balaban J connectivity index is 1.34. The third kappa shape index (κ3) is 4.31. The van der Waals surface area contributed by atoms with Crippen molar-refractivity contribution >= 4 is 55.4 Å². The summed E-state index contributed by atoms with van der Waals surface area (Å²) < 4.78 is 19.9. The molecule has 220 valence electrons. The molecule has 44 heavy (non-hydrogen) atoms. The topological polar surface area (TPSA) is 87.0 Å². The third-order valence-electron chi connectivity index (χ3n) is 8.62. The lowest BCUT2D eigenvalue weighted by atomic mass is 9.86. The molecule has 7 heteroatoms. The highest BCUT2D eigenvalue weighted by molar-refractivity contribution is 6.04. The summed E-state index contributed by atoms with van der Waals surface area (Å²) in [6, 6.07) is 27.1. The van der Waals surface area contributed by atoms with Crippen molar-refractivity contribution in [1.82, 2.24) is 4.57 Å².